The van der Waals surface area contributed by atoms with Gasteiger partial charge >= 0.3 is 0 Å². The highest BCUT2D eigenvalue weighted by Crippen LogP contribution is 2.31. The summed E-state index contributed by atoms with van der Waals surface area (Å²) in [5.74, 6) is 0.774. The van der Waals surface area contributed by atoms with E-state index in [-0.39, 0.29) is 30.0 Å². The van der Waals surface area contributed by atoms with Gasteiger partial charge in [-0.25, -0.2) is 8.42 Å². The van der Waals surface area contributed by atoms with Crippen molar-refractivity contribution >= 4 is 21.7 Å². The van der Waals surface area contributed by atoms with Crippen molar-refractivity contribution in [2.24, 2.45) is 0 Å². The van der Waals surface area contributed by atoms with Crippen LogP contribution in [0, 0.1) is 0 Å². The lowest BCUT2D eigenvalue weighted by Crippen LogP contribution is -2.35. The average Bonchev–Trinajstić information content (AvgIpc) is 3.44. The molecule has 0 spiro atoms. The fourth-order valence-electron chi connectivity index (χ4n) is 4.29. The lowest BCUT2D eigenvalue weighted by Gasteiger charge is -2.29. The van der Waals surface area contributed by atoms with E-state index < -0.39 is 10.0 Å². The molecule has 1 saturated heterocycles. The molecule has 10 heteroatoms. The lowest BCUT2D eigenvalue weighted by molar-refractivity contribution is 0.102. The third kappa shape index (κ3) is 4.56. The molecular formula is C24H27N5O4S. The normalized spacial score (nSPS) is 17.4. The first-order valence-corrected chi connectivity index (χ1v) is 12.7. The molecule has 3 heterocycles. The average molecular weight is 482 g/mol. The van der Waals surface area contributed by atoms with Crippen molar-refractivity contribution in [1.29, 1.82) is 0 Å². The Bertz CT molecular complexity index is 1270. The molecule has 1 aromatic heterocycles. The van der Waals surface area contributed by atoms with Crippen LogP contribution in [0.3, 0.4) is 0 Å². The summed E-state index contributed by atoms with van der Waals surface area (Å²) in [4.78, 5) is 15.3. The Morgan fingerprint density at radius 3 is 2.47 bits per heavy atom. The number of benzene rings is 2. The van der Waals surface area contributed by atoms with Crippen molar-refractivity contribution in [3.05, 3.63) is 71.4 Å². The summed E-state index contributed by atoms with van der Waals surface area (Å²) in [6.45, 7) is 2.35. The molecule has 1 fully saturated rings. The first kappa shape index (κ1) is 22.6. The second-order valence-electron chi connectivity index (χ2n) is 8.71. The van der Waals surface area contributed by atoms with Crippen LogP contribution < -0.4 is 10.1 Å². The van der Waals surface area contributed by atoms with Crippen molar-refractivity contribution in [2.75, 3.05) is 25.5 Å². The van der Waals surface area contributed by atoms with Gasteiger partial charge in [0.1, 0.15) is 11.9 Å². The van der Waals surface area contributed by atoms with Crippen LogP contribution in [0.4, 0.5) is 5.82 Å². The standard InChI is InChI=1S/C24H27N5O4S/c1-28-13-11-19(12-14-28)33-18-9-7-17(8-10-18)24(30)25-23-21-15-29(16-22(21)26-27-23)34(31,32)20-5-3-2-4-6-20/h2-10,19H,11-16H2,1H3,(H2,25,26,27,30). The van der Waals surface area contributed by atoms with Gasteiger partial charge < -0.3 is 15.0 Å². The number of hydrogen-bond donors (Lipinski definition) is 2. The molecule has 178 valence electrons. The van der Waals surface area contributed by atoms with Crippen molar-refractivity contribution in [3.8, 4) is 5.75 Å². The molecular weight excluding hydrogens is 454 g/mol. The predicted molar refractivity (Wildman–Crippen MR) is 127 cm³/mol. The number of nitrogens with zero attached hydrogens (tertiary/aromatic N) is 3. The molecule has 2 aromatic carbocycles. The number of hydrogen-bond acceptors (Lipinski definition) is 6. The summed E-state index contributed by atoms with van der Waals surface area (Å²) in [6, 6.07) is 15.4. The first-order valence-electron chi connectivity index (χ1n) is 11.3. The monoisotopic (exact) mass is 481 g/mol. The van der Waals surface area contributed by atoms with Gasteiger partial charge in [-0.15, -0.1) is 0 Å². The SMILES string of the molecule is CN1CCC(Oc2ccc(C(=O)Nc3n[nH]c4c3CN(S(=O)(=O)c3ccccc3)C4)cc2)CC1. The van der Waals surface area contributed by atoms with Gasteiger partial charge in [-0.1, -0.05) is 18.2 Å². The quantitative estimate of drug-likeness (QED) is 0.561. The van der Waals surface area contributed by atoms with Crippen LogP contribution in [0.2, 0.25) is 0 Å². The second kappa shape index (κ2) is 9.21. The number of anilines is 1. The van der Waals surface area contributed by atoms with Crippen molar-refractivity contribution < 1.29 is 17.9 Å². The van der Waals surface area contributed by atoms with Gasteiger partial charge in [0.05, 0.1) is 17.1 Å². The summed E-state index contributed by atoms with van der Waals surface area (Å²) in [5, 5.41) is 9.85. The molecule has 0 unspecified atom stereocenters. The van der Waals surface area contributed by atoms with Gasteiger partial charge in [0.25, 0.3) is 5.91 Å². The number of amides is 1. The van der Waals surface area contributed by atoms with Gasteiger partial charge in [-0.05, 0) is 56.3 Å². The molecule has 0 aliphatic carbocycles. The number of carbonyl (C=O) groups is 1. The van der Waals surface area contributed by atoms with E-state index >= 15 is 0 Å². The van der Waals surface area contributed by atoms with E-state index in [1.54, 1.807) is 54.6 Å². The van der Waals surface area contributed by atoms with Crippen LogP contribution in [0.15, 0.2) is 59.5 Å². The largest absolute Gasteiger partial charge is 0.490 e. The lowest BCUT2D eigenvalue weighted by atomic mass is 10.1. The van der Waals surface area contributed by atoms with Gasteiger partial charge in [-0.2, -0.15) is 9.40 Å². The fourth-order valence-corrected chi connectivity index (χ4v) is 5.68. The number of carbonyl (C=O) groups excluding carboxylic acids is 1. The summed E-state index contributed by atoms with van der Waals surface area (Å²) in [5.41, 5.74) is 1.82. The van der Waals surface area contributed by atoms with Crippen LogP contribution in [0.25, 0.3) is 0 Å². The summed E-state index contributed by atoms with van der Waals surface area (Å²) < 4.78 is 33.3. The van der Waals surface area contributed by atoms with Crippen LogP contribution in [0.5, 0.6) is 5.75 Å². The highest BCUT2D eigenvalue weighted by Gasteiger charge is 2.34. The molecule has 0 saturated carbocycles. The second-order valence-corrected chi connectivity index (χ2v) is 10.7. The van der Waals surface area contributed by atoms with Crippen LogP contribution in [-0.2, 0) is 23.1 Å². The number of sulfonamides is 1. The van der Waals surface area contributed by atoms with Gasteiger partial charge in [0.2, 0.25) is 10.0 Å². The van der Waals surface area contributed by atoms with Gasteiger partial charge in [0, 0.05) is 30.8 Å². The van der Waals surface area contributed by atoms with Crippen LogP contribution >= 0.6 is 0 Å². The van der Waals surface area contributed by atoms with E-state index in [0.717, 1.165) is 31.7 Å². The Hall–Kier alpha value is -3.21. The highest BCUT2D eigenvalue weighted by atomic mass is 32.2. The molecule has 1 amide bonds. The smallest absolute Gasteiger partial charge is 0.256 e. The topological polar surface area (TPSA) is 108 Å². The van der Waals surface area contributed by atoms with E-state index in [1.165, 1.54) is 4.31 Å². The zero-order valence-corrected chi connectivity index (χ0v) is 19.7. The molecule has 0 radical (unpaired) electrons. The number of nitrogens with one attached hydrogen (secondary N) is 2. The minimum atomic E-state index is -3.64. The number of aromatic nitrogens is 2. The highest BCUT2D eigenvalue weighted by molar-refractivity contribution is 7.89. The summed E-state index contributed by atoms with van der Waals surface area (Å²) >= 11 is 0. The third-order valence-electron chi connectivity index (χ3n) is 6.32. The summed E-state index contributed by atoms with van der Waals surface area (Å²) in [7, 11) is -1.53. The Morgan fingerprint density at radius 2 is 1.76 bits per heavy atom. The Balaban J connectivity index is 1.23. The molecule has 2 aliphatic rings. The Kier molecular flexibility index (Phi) is 6.11. The Labute approximate surface area is 198 Å². The van der Waals surface area contributed by atoms with E-state index in [9.17, 15) is 13.2 Å². The van der Waals surface area contributed by atoms with Gasteiger partial charge in [0.15, 0.2) is 5.82 Å². The molecule has 2 aliphatic heterocycles. The van der Waals surface area contributed by atoms with E-state index in [4.69, 9.17) is 4.74 Å². The number of fused-ring (bicyclic) bond motifs is 1. The molecule has 0 bridgehead atoms. The third-order valence-corrected chi connectivity index (χ3v) is 8.13. The zero-order chi connectivity index (χ0) is 23.7. The predicted octanol–water partition coefficient (Wildman–Crippen LogP) is 2.84. The molecule has 9 nitrogen and oxygen atoms in total. The van der Waals surface area contributed by atoms with Crippen LogP contribution in [0.1, 0.15) is 34.5 Å². The maximum atomic E-state index is 12.9. The number of aromatic amines is 1. The number of piperidine rings is 1. The molecule has 0 atom stereocenters. The van der Waals surface area contributed by atoms with E-state index in [0.29, 0.717) is 22.6 Å². The van der Waals surface area contributed by atoms with Crippen molar-refractivity contribution in [3.63, 3.8) is 0 Å². The molecule has 2 N–H and O–H groups in total. The van der Waals surface area contributed by atoms with E-state index in [2.05, 4.69) is 27.5 Å². The van der Waals surface area contributed by atoms with Crippen molar-refractivity contribution in [1.82, 2.24) is 19.4 Å². The molecule has 5 rings (SSSR count). The maximum absolute atomic E-state index is 12.9. The number of ether oxygens (including phenoxy) is 1. The van der Waals surface area contributed by atoms with Crippen LogP contribution in [-0.4, -0.2) is 60.0 Å². The summed E-state index contributed by atoms with van der Waals surface area (Å²) in [6.07, 6.45) is 2.16. The Morgan fingerprint density at radius 1 is 1.06 bits per heavy atom. The number of rotatable bonds is 6. The maximum Gasteiger partial charge on any atom is 0.256 e. The van der Waals surface area contributed by atoms with E-state index in [1.807, 2.05) is 0 Å². The molecule has 3 aromatic rings. The number of likely N-dealkylation sites (tertiary alicyclic amines) is 1. The number of H-pyrrole nitrogens is 1. The molecule has 34 heavy (non-hydrogen) atoms. The minimum absolute atomic E-state index is 0.141. The van der Waals surface area contributed by atoms with Crippen molar-refractivity contribution in [2.45, 2.75) is 36.9 Å². The first-order chi connectivity index (χ1) is 16.4. The zero-order valence-electron chi connectivity index (χ0n) is 18.9. The minimum Gasteiger partial charge on any atom is -0.490 e. The van der Waals surface area contributed by atoms with Gasteiger partial charge in [-0.3, -0.25) is 9.89 Å². The fraction of sp³-hybridized carbons (Fsp3) is 0.333.